The van der Waals surface area contributed by atoms with Gasteiger partial charge in [-0.2, -0.15) is 0 Å². The third-order valence-corrected chi connectivity index (χ3v) is 3.82. The van der Waals surface area contributed by atoms with E-state index in [1.165, 1.54) is 32.4 Å². The van der Waals surface area contributed by atoms with Gasteiger partial charge < -0.3 is 14.8 Å². The van der Waals surface area contributed by atoms with Crippen LogP contribution in [0.4, 0.5) is 22.7 Å². The molecule has 0 atom stereocenters. The highest BCUT2D eigenvalue weighted by atomic mass is 16.6. The molecule has 0 aliphatic heterocycles. The molecule has 0 radical (unpaired) electrons. The van der Waals surface area contributed by atoms with Crippen molar-refractivity contribution < 1.29 is 19.3 Å². The van der Waals surface area contributed by atoms with Crippen molar-refractivity contribution in [1.29, 1.82) is 0 Å². The van der Waals surface area contributed by atoms with E-state index >= 15 is 0 Å². The molecule has 2 aromatic carbocycles. The molecule has 0 spiro atoms. The Morgan fingerprint density at radius 3 is 2.07 bits per heavy atom. The molecule has 0 amide bonds. The van der Waals surface area contributed by atoms with Crippen molar-refractivity contribution in [1.82, 2.24) is 0 Å². The zero-order valence-corrected chi connectivity index (χ0v) is 16.3. The van der Waals surface area contributed by atoms with Crippen LogP contribution in [0.5, 0.6) is 11.5 Å². The van der Waals surface area contributed by atoms with Crippen LogP contribution in [0.1, 0.15) is 13.8 Å². The van der Waals surface area contributed by atoms with Gasteiger partial charge in [-0.25, -0.2) is 4.99 Å². The molecule has 0 bridgehead atoms. The number of nitro groups is 2. The highest BCUT2D eigenvalue weighted by molar-refractivity contribution is 5.96. The maximum absolute atomic E-state index is 11.1. The summed E-state index contributed by atoms with van der Waals surface area (Å²) in [7, 11) is 2.70. The van der Waals surface area contributed by atoms with Crippen LogP contribution in [0.3, 0.4) is 0 Å². The molecule has 29 heavy (non-hydrogen) atoms. The average molecular weight is 400 g/mol. The van der Waals surface area contributed by atoms with Gasteiger partial charge in [-0.3, -0.25) is 20.2 Å². The first-order valence-corrected chi connectivity index (χ1v) is 8.41. The molecular formula is C19H20N4O6. The number of nitrogens with one attached hydrogen (secondary N) is 1. The number of para-hydroxylation sites is 2. The molecule has 1 N–H and O–H groups in total. The highest BCUT2D eigenvalue weighted by Gasteiger charge is 2.19. The van der Waals surface area contributed by atoms with Crippen LogP contribution in [0.2, 0.25) is 0 Å². The van der Waals surface area contributed by atoms with Crippen molar-refractivity contribution in [3.63, 3.8) is 0 Å². The molecular weight excluding hydrogens is 380 g/mol. The van der Waals surface area contributed by atoms with Gasteiger partial charge >= 0.3 is 11.4 Å². The third-order valence-electron chi connectivity index (χ3n) is 3.82. The fourth-order valence-electron chi connectivity index (χ4n) is 2.72. The molecule has 10 heteroatoms. The molecule has 2 rings (SSSR count). The van der Waals surface area contributed by atoms with Crippen molar-refractivity contribution in [3.05, 3.63) is 68.4 Å². The number of anilines is 1. The summed E-state index contributed by atoms with van der Waals surface area (Å²) in [6.45, 7) is 3.47. The maximum Gasteiger partial charge on any atom is 0.313 e. The van der Waals surface area contributed by atoms with Crippen LogP contribution >= 0.6 is 0 Å². The van der Waals surface area contributed by atoms with Crippen molar-refractivity contribution in [2.45, 2.75) is 13.8 Å². The standard InChI is InChI=1S/C19H20N4O6/c1-12(20-14-7-5-9-16(22(24)25)18(14)28-3)11-13(2)21-15-8-6-10-17(23(26)27)19(15)29-4/h5-11,20H,1-4H3/b12-11-,21-13?. The number of hydrogen-bond acceptors (Lipinski definition) is 8. The van der Waals surface area contributed by atoms with Gasteiger partial charge in [0.25, 0.3) is 0 Å². The lowest BCUT2D eigenvalue weighted by molar-refractivity contribution is -0.385. The summed E-state index contributed by atoms with van der Waals surface area (Å²) in [5.41, 5.74) is 1.58. The summed E-state index contributed by atoms with van der Waals surface area (Å²) in [5, 5.41) is 25.3. The van der Waals surface area contributed by atoms with Crippen molar-refractivity contribution >= 4 is 28.5 Å². The number of benzene rings is 2. The lowest BCUT2D eigenvalue weighted by Gasteiger charge is -2.11. The van der Waals surface area contributed by atoms with E-state index in [0.717, 1.165) is 0 Å². The summed E-state index contributed by atoms with van der Waals surface area (Å²) in [5.74, 6) is 0.177. The van der Waals surface area contributed by atoms with Gasteiger partial charge in [-0.05, 0) is 32.1 Å². The third kappa shape index (κ3) is 5.06. The zero-order valence-electron chi connectivity index (χ0n) is 16.3. The molecule has 0 unspecified atom stereocenters. The van der Waals surface area contributed by atoms with E-state index in [0.29, 0.717) is 22.8 Å². The Labute approximate surface area is 166 Å². The predicted molar refractivity (Wildman–Crippen MR) is 109 cm³/mol. The number of ether oxygens (including phenoxy) is 2. The second kappa shape index (κ2) is 9.31. The minimum atomic E-state index is -0.537. The lowest BCUT2D eigenvalue weighted by atomic mass is 10.2. The van der Waals surface area contributed by atoms with Crippen molar-refractivity contribution in [3.8, 4) is 11.5 Å². The first-order valence-electron chi connectivity index (χ1n) is 8.41. The second-order valence-electron chi connectivity index (χ2n) is 5.91. The molecule has 0 aliphatic carbocycles. The number of aliphatic imine (C=N–C) groups is 1. The number of nitro benzene ring substituents is 2. The van der Waals surface area contributed by atoms with Crippen LogP contribution in [0.15, 0.2) is 53.2 Å². The van der Waals surface area contributed by atoms with E-state index in [2.05, 4.69) is 10.3 Å². The van der Waals surface area contributed by atoms with E-state index in [4.69, 9.17) is 9.47 Å². The summed E-state index contributed by atoms with van der Waals surface area (Å²) in [6, 6.07) is 9.02. The fraction of sp³-hybridized carbons (Fsp3) is 0.211. The molecule has 10 nitrogen and oxygen atoms in total. The number of nitrogens with zero attached hydrogens (tertiary/aromatic N) is 3. The van der Waals surface area contributed by atoms with Gasteiger partial charge in [-0.1, -0.05) is 12.1 Å². The van der Waals surface area contributed by atoms with Gasteiger partial charge in [0.05, 0.1) is 29.8 Å². The Morgan fingerprint density at radius 1 is 0.966 bits per heavy atom. The number of allylic oxidation sites excluding steroid dienone is 2. The lowest BCUT2D eigenvalue weighted by Crippen LogP contribution is -2.02. The van der Waals surface area contributed by atoms with Gasteiger partial charge in [-0.15, -0.1) is 0 Å². The first kappa shape index (κ1) is 21.4. The van der Waals surface area contributed by atoms with E-state index in [1.54, 1.807) is 38.1 Å². The Hall–Kier alpha value is -3.95. The molecule has 0 aromatic heterocycles. The molecule has 0 saturated heterocycles. The monoisotopic (exact) mass is 400 g/mol. The fourth-order valence-corrected chi connectivity index (χ4v) is 2.72. The smallest absolute Gasteiger partial charge is 0.313 e. The topological polar surface area (TPSA) is 129 Å². The molecule has 2 aromatic rings. The van der Waals surface area contributed by atoms with E-state index in [-0.39, 0.29) is 22.9 Å². The van der Waals surface area contributed by atoms with Crippen LogP contribution in [0.25, 0.3) is 0 Å². The van der Waals surface area contributed by atoms with E-state index in [1.807, 2.05) is 0 Å². The van der Waals surface area contributed by atoms with E-state index < -0.39 is 9.85 Å². The summed E-state index contributed by atoms with van der Waals surface area (Å²) >= 11 is 0. The predicted octanol–water partition coefficient (Wildman–Crippen LogP) is 4.63. The molecule has 0 aliphatic rings. The largest absolute Gasteiger partial charge is 0.489 e. The van der Waals surface area contributed by atoms with Gasteiger partial charge in [0.15, 0.2) is 0 Å². The quantitative estimate of drug-likeness (QED) is 0.388. The zero-order chi connectivity index (χ0) is 21.6. The minimum absolute atomic E-state index is 0.0659. The van der Waals surface area contributed by atoms with Crippen molar-refractivity contribution in [2.24, 2.45) is 4.99 Å². The molecule has 0 saturated carbocycles. The van der Waals surface area contributed by atoms with Crippen molar-refractivity contribution in [2.75, 3.05) is 19.5 Å². The summed E-state index contributed by atoms with van der Waals surface area (Å²) < 4.78 is 10.3. The Bertz CT molecular complexity index is 1000. The highest BCUT2D eigenvalue weighted by Crippen LogP contribution is 2.37. The maximum atomic E-state index is 11.1. The van der Waals surface area contributed by atoms with Crippen LogP contribution < -0.4 is 14.8 Å². The number of hydrogen-bond donors (Lipinski definition) is 1. The molecule has 152 valence electrons. The second-order valence-corrected chi connectivity index (χ2v) is 5.91. The van der Waals surface area contributed by atoms with Gasteiger partial charge in [0.1, 0.15) is 5.69 Å². The Kier molecular flexibility index (Phi) is 6.85. The summed E-state index contributed by atoms with van der Waals surface area (Å²) in [4.78, 5) is 25.6. The average Bonchev–Trinajstić information content (AvgIpc) is 2.67. The van der Waals surface area contributed by atoms with Crippen LogP contribution in [0, 0.1) is 20.2 Å². The SMILES string of the molecule is COc1c(N=C(C)/C=C(/C)Nc2cccc([N+](=O)[O-])c2OC)cccc1[N+](=O)[O-]. The normalized spacial score (nSPS) is 11.7. The Morgan fingerprint density at radius 2 is 1.52 bits per heavy atom. The Balaban J connectivity index is 2.34. The number of rotatable bonds is 8. The van der Waals surface area contributed by atoms with Crippen LogP contribution in [-0.4, -0.2) is 29.8 Å². The molecule has 0 fully saturated rings. The first-order chi connectivity index (χ1) is 13.8. The summed E-state index contributed by atoms with van der Waals surface area (Å²) in [6.07, 6.45) is 1.69. The minimum Gasteiger partial charge on any atom is -0.489 e. The van der Waals surface area contributed by atoms with Crippen LogP contribution in [-0.2, 0) is 0 Å². The van der Waals surface area contributed by atoms with Gasteiger partial charge in [0.2, 0.25) is 11.5 Å². The number of methoxy groups -OCH3 is 2. The van der Waals surface area contributed by atoms with E-state index in [9.17, 15) is 20.2 Å². The van der Waals surface area contributed by atoms with Gasteiger partial charge in [0, 0.05) is 23.5 Å². The molecule has 0 heterocycles.